The summed E-state index contributed by atoms with van der Waals surface area (Å²) in [5.41, 5.74) is 1.05. The minimum atomic E-state index is -3.72. The summed E-state index contributed by atoms with van der Waals surface area (Å²) in [5, 5.41) is 3.23. The second kappa shape index (κ2) is 10.2. The van der Waals surface area contributed by atoms with Crippen molar-refractivity contribution in [3.05, 3.63) is 82.3 Å². The zero-order valence-corrected chi connectivity index (χ0v) is 19.7. The fourth-order valence-corrected chi connectivity index (χ4v) is 5.13. The van der Waals surface area contributed by atoms with Gasteiger partial charge in [-0.2, -0.15) is 0 Å². The van der Waals surface area contributed by atoms with Crippen LogP contribution in [0.2, 0.25) is 5.02 Å². The van der Waals surface area contributed by atoms with Gasteiger partial charge in [0.1, 0.15) is 5.75 Å². The van der Waals surface area contributed by atoms with Crippen LogP contribution >= 0.6 is 27.5 Å². The number of anilines is 2. The lowest BCUT2D eigenvalue weighted by Gasteiger charge is -2.23. The van der Waals surface area contributed by atoms with Crippen LogP contribution in [-0.4, -0.2) is 27.5 Å². The first-order valence-corrected chi connectivity index (χ1v) is 12.0. The van der Waals surface area contributed by atoms with Crippen molar-refractivity contribution in [2.24, 2.45) is 0 Å². The van der Waals surface area contributed by atoms with Gasteiger partial charge in [-0.3, -0.25) is 9.10 Å². The second-order valence-corrected chi connectivity index (χ2v) is 9.59. The number of benzene rings is 3. The number of para-hydroxylation sites is 1. The molecule has 0 saturated heterocycles. The van der Waals surface area contributed by atoms with E-state index in [1.54, 1.807) is 61.5 Å². The molecule has 162 valence electrons. The van der Waals surface area contributed by atoms with Crippen LogP contribution < -0.4 is 14.4 Å². The molecule has 3 aromatic carbocycles. The van der Waals surface area contributed by atoms with Gasteiger partial charge in [-0.1, -0.05) is 29.8 Å². The van der Waals surface area contributed by atoms with Gasteiger partial charge in [0.05, 0.1) is 15.1 Å². The molecule has 1 N–H and O–H groups in total. The Bertz CT molecular complexity index is 1160. The minimum Gasteiger partial charge on any atom is -0.483 e. The standard InChI is InChI=1S/C22H20BrClN2O4S/c1-2-26(18-6-4-3-5-7-18)31(28,29)19-11-9-17(10-12-19)25-22(27)15-30-21-13-8-16(24)14-20(21)23/h3-14H,2,15H2,1H3,(H,25,27). The Labute approximate surface area is 195 Å². The Morgan fingerprint density at radius 3 is 2.35 bits per heavy atom. The van der Waals surface area contributed by atoms with Crippen LogP contribution in [0.4, 0.5) is 11.4 Å². The Morgan fingerprint density at radius 1 is 1.06 bits per heavy atom. The molecule has 3 rings (SSSR count). The highest BCUT2D eigenvalue weighted by atomic mass is 79.9. The van der Waals surface area contributed by atoms with Crippen LogP contribution in [0.25, 0.3) is 0 Å². The average Bonchev–Trinajstić information content (AvgIpc) is 2.74. The van der Waals surface area contributed by atoms with Crippen molar-refractivity contribution < 1.29 is 17.9 Å². The lowest BCUT2D eigenvalue weighted by Crippen LogP contribution is -2.30. The number of hydrogen-bond donors (Lipinski definition) is 1. The molecule has 1 amide bonds. The maximum absolute atomic E-state index is 13.0. The summed E-state index contributed by atoms with van der Waals surface area (Å²) < 4.78 is 33.5. The zero-order valence-electron chi connectivity index (χ0n) is 16.6. The first-order chi connectivity index (χ1) is 14.8. The molecule has 0 heterocycles. The van der Waals surface area contributed by atoms with Crippen molar-refractivity contribution in [1.29, 1.82) is 0 Å². The third-order valence-corrected chi connectivity index (χ3v) is 7.08. The predicted octanol–water partition coefficient (Wildman–Crippen LogP) is 5.34. The number of nitrogens with zero attached hydrogens (tertiary/aromatic N) is 1. The van der Waals surface area contributed by atoms with Gasteiger partial charge in [-0.05, 0) is 77.5 Å². The smallest absolute Gasteiger partial charge is 0.264 e. The Hall–Kier alpha value is -2.55. The molecule has 0 bridgehead atoms. The van der Waals surface area contributed by atoms with E-state index in [9.17, 15) is 13.2 Å². The molecular weight excluding hydrogens is 504 g/mol. The van der Waals surface area contributed by atoms with E-state index in [-0.39, 0.29) is 17.4 Å². The summed E-state index contributed by atoms with van der Waals surface area (Å²) >= 11 is 9.21. The van der Waals surface area contributed by atoms with Crippen LogP contribution in [0.1, 0.15) is 6.92 Å². The first kappa shape index (κ1) is 23.1. The number of carbonyl (C=O) groups excluding carboxylic acids is 1. The number of sulfonamides is 1. The highest BCUT2D eigenvalue weighted by molar-refractivity contribution is 9.10. The summed E-state index contributed by atoms with van der Waals surface area (Å²) in [7, 11) is -3.72. The molecule has 0 aliphatic heterocycles. The number of halogens is 2. The van der Waals surface area contributed by atoms with Crippen LogP contribution in [0.5, 0.6) is 5.75 Å². The topological polar surface area (TPSA) is 75.7 Å². The van der Waals surface area contributed by atoms with E-state index in [0.29, 0.717) is 33.2 Å². The van der Waals surface area contributed by atoms with Crippen LogP contribution in [0, 0.1) is 0 Å². The van der Waals surface area contributed by atoms with E-state index < -0.39 is 10.0 Å². The largest absolute Gasteiger partial charge is 0.483 e. The third-order valence-electron chi connectivity index (χ3n) is 4.31. The maximum atomic E-state index is 13.0. The molecule has 0 spiro atoms. The van der Waals surface area contributed by atoms with Gasteiger partial charge in [0.25, 0.3) is 15.9 Å². The molecule has 0 aliphatic rings. The summed E-state index contributed by atoms with van der Waals surface area (Å²) in [5.74, 6) is 0.110. The molecule has 9 heteroatoms. The number of ether oxygens (including phenoxy) is 1. The van der Waals surface area contributed by atoms with Crippen molar-refractivity contribution in [3.8, 4) is 5.75 Å². The minimum absolute atomic E-state index is 0.137. The summed E-state index contributed by atoms with van der Waals surface area (Å²) in [6.07, 6.45) is 0. The summed E-state index contributed by atoms with van der Waals surface area (Å²) in [6.45, 7) is 1.86. The molecule has 0 fully saturated rings. The fourth-order valence-electron chi connectivity index (χ4n) is 2.86. The lowest BCUT2D eigenvalue weighted by atomic mass is 10.3. The molecule has 3 aromatic rings. The van der Waals surface area contributed by atoms with Crippen molar-refractivity contribution in [3.63, 3.8) is 0 Å². The molecule has 0 atom stereocenters. The molecule has 6 nitrogen and oxygen atoms in total. The highest BCUT2D eigenvalue weighted by Crippen LogP contribution is 2.28. The van der Waals surface area contributed by atoms with Crippen molar-refractivity contribution in [2.45, 2.75) is 11.8 Å². The monoisotopic (exact) mass is 522 g/mol. The van der Waals surface area contributed by atoms with E-state index in [2.05, 4.69) is 21.2 Å². The van der Waals surface area contributed by atoms with Gasteiger partial charge in [-0.15, -0.1) is 0 Å². The van der Waals surface area contributed by atoms with Crippen molar-refractivity contribution in [2.75, 3.05) is 22.8 Å². The predicted molar refractivity (Wildman–Crippen MR) is 126 cm³/mol. The molecule has 0 saturated carbocycles. The van der Waals surface area contributed by atoms with Crippen molar-refractivity contribution in [1.82, 2.24) is 0 Å². The number of amides is 1. The van der Waals surface area contributed by atoms with E-state index in [4.69, 9.17) is 16.3 Å². The Balaban J connectivity index is 1.66. The van der Waals surface area contributed by atoms with Crippen LogP contribution in [-0.2, 0) is 14.8 Å². The van der Waals surface area contributed by atoms with E-state index in [1.165, 1.54) is 16.4 Å². The quantitative estimate of drug-likeness (QED) is 0.433. The highest BCUT2D eigenvalue weighted by Gasteiger charge is 2.23. The van der Waals surface area contributed by atoms with Crippen LogP contribution in [0.3, 0.4) is 0 Å². The fraction of sp³-hybridized carbons (Fsp3) is 0.136. The van der Waals surface area contributed by atoms with Gasteiger partial charge in [0, 0.05) is 17.3 Å². The third kappa shape index (κ3) is 5.78. The number of rotatable bonds is 8. The molecule has 0 unspecified atom stereocenters. The zero-order chi connectivity index (χ0) is 22.4. The van der Waals surface area contributed by atoms with E-state index >= 15 is 0 Å². The van der Waals surface area contributed by atoms with Gasteiger partial charge < -0.3 is 10.1 Å². The molecule has 31 heavy (non-hydrogen) atoms. The average molecular weight is 524 g/mol. The Kier molecular flexibility index (Phi) is 7.59. The first-order valence-electron chi connectivity index (χ1n) is 9.37. The number of nitrogens with one attached hydrogen (secondary N) is 1. The van der Waals surface area contributed by atoms with Gasteiger partial charge in [0.2, 0.25) is 0 Å². The van der Waals surface area contributed by atoms with Crippen LogP contribution in [0.15, 0.2) is 82.2 Å². The second-order valence-electron chi connectivity index (χ2n) is 6.44. The molecule has 0 aromatic heterocycles. The normalized spacial score (nSPS) is 11.1. The number of hydrogen-bond acceptors (Lipinski definition) is 4. The maximum Gasteiger partial charge on any atom is 0.264 e. The molecule has 0 aliphatic carbocycles. The van der Waals surface area contributed by atoms with Gasteiger partial charge in [0.15, 0.2) is 6.61 Å². The Morgan fingerprint density at radius 2 is 1.74 bits per heavy atom. The van der Waals surface area contributed by atoms with Crippen molar-refractivity contribution >= 4 is 54.8 Å². The van der Waals surface area contributed by atoms with E-state index in [0.717, 1.165) is 0 Å². The summed E-state index contributed by atoms with van der Waals surface area (Å²) in [4.78, 5) is 12.3. The van der Waals surface area contributed by atoms with Gasteiger partial charge in [-0.25, -0.2) is 8.42 Å². The SMILES string of the molecule is CCN(c1ccccc1)S(=O)(=O)c1ccc(NC(=O)COc2ccc(Cl)cc2Br)cc1. The summed E-state index contributed by atoms with van der Waals surface area (Å²) in [6, 6.07) is 19.9. The molecular formula is C22H20BrClN2O4S. The lowest BCUT2D eigenvalue weighted by molar-refractivity contribution is -0.118. The number of carbonyl (C=O) groups is 1. The van der Waals surface area contributed by atoms with E-state index in [1.807, 2.05) is 6.07 Å². The molecule has 0 radical (unpaired) electrons. The van der Waals surface area contributed by atoms with Gasteiger partial charge >= 0.3 is 0 Å².